The fourth-order valence-electron chi connectivity index (χ4n) is 1.02. The first-order chi connectivity index (χ1) is 7.22. The molecular formula is C8H5ClN2O3S. The van der Waals surface area contributed by atoms with Crippen LogP contribution >= 0.6 is 23.1 Å². The van der Waals surface area contributed by atoms with E-state index in [4.69, 9.17) is 16.3 Å². The van der Waals surface area contributed by atoms with Gasteiger partial charge in [0.25, 0.3) is 0 Å². The molecule has 1 aromatic carbocycles. The Labute approximate surface area is 93.7 Å². The summed E-state index contributed by atoms with van der Waals surface area (Å²) in [6.07, 6.45) is -0.836. The van der Waals surface area contributed by atoms with E-state index in [1.165, 1.54) is 18.6 Å². The highest BCUT2D eigenvalue weighted by Crippen LogP contribution is 2.33. The molecule has 1 heterocycles. The van der Waals surface area contributed by atoms with Crippen molar-refractivity contribution in [2.45, 2.75) is 0 Å². The van der Waals surface area contributed by atoms with Crippen LogP contribution in [0.25, 0.3) is 10.2 Å². The SMILES string of the molecule is COC(=O)Oc1c(Cl)ccc2snnc12. The number of rotatable bonds is 1. The molecule has 0 amide bonds. The maximum atomic E-state index is 11.0. The molecule has 0 aliphatic heterocycles. The minimum absolute atomic E-state index is 0.176. The first kappa shape index (κ1) is 10.1. The van der Waals surface area contributed by atoms with Crippen molar-refractivity contribution in [1.29, 1.82) is 0 Å². The van der Waals surface area contributed by atoms with Gasteiger partial charge in [-0.3, -0.25) is 0 Å². The molecule has 7 heteroatoms. The van der Waals surface area contributed by atoms with Gasteiger partial charge in [-0.15, -0.1) is 5.10 Å². The molecule has 0 N–H and O–H groups in total. The Morgan fingerprint density at radius 3 is 3.07 bits per heavy atom. The van der Waals surface area contributed by atoms with Gasteiger partial charge in [-0.1, -0.05) is 16.1 Å². The van der Waals surface area contributed by atoms with E-state index < -0.39 is 6.16 Å². The second-order valence-corrected chi connectivity index (χ2v) is 3.75. The average molecular weight is 245 g/mol. The summed E-state index contributed by atoms with van der Waals surface area (Å²) in [7, 11) is 1.22. The van der Waals surface area contributed by atoms with Crippen LogP contribution in [0.1, 0.15) is 0 Å². The van der Waals surface area contributed by atoms with E-state index in [0.29, 0.717) is 10.5 Å². The number of carbonyl (C=O) groups is 1. The van der Waals surface area contributed by atoms with Gasteiger partial charge >= 0.3 is 6.16 Å². The summed E-state index contributed by atoms with van der Waals surface area (Å²) in [4.78, 5) is 11.0. The lowest BCUT2D eigenvalue weighted by Gasteiger charge is -2.04. The molecule has 0 atom stereocenters. The second-order valence-electron chi connectivity index (χ2n) is 2.55. The van der Waals surface area contributed by atoms with Gasteiger partial charge in [0, 0.05) is 0 Å². The third kappa shape index (κ3) is 1.86. The third-order valence-corrected chi connectivity index (χ3v) is 2.67. The van der Waals surface area contributed by atoms with Crippen LogP contribution in [0.15, 0.2) is 12.1 Å². The molecule has 0 unspecified atom stereocenters. The molecular weight excluding hydrogens is 240 g/mol. The number of benzene rings is 1. The number of halogens is 1. The Balaban J connectivity index is 2.51. The van der Waals surface area contributed by atoms with E-state index in [1.54, 1.807) is 12.1 Å². The van der Waals surface area contributed by atoms with E-state index in [1.807, 2.05) is 0 Å². The number of nitrogens with zero attached hydrogens (tertiary/aromatic N) is 2. The normalized spacial score (nSPS) is 10.3. The number of methoxy groups -OCH3 is 1. The summed E-state index contributed by atoms with van der Waals surface area (Å²) in [6.45, 7) is 0. The van der Waals surface area contributed by atoms with E-state index >= 15 is 0 Å². The van der Waals surface area contributed by atoms with Gasteiger partial charge in [0.05, 0.1) is 16.8 Å². The highest BCUT2D eigenvalue weighted by Gasteiger charge is 2.14. The predicted molar refractivity (Wildman–Crippen MR) is 55.5 cm³/mol. The molecule has 0 saturated carbocycles. The molecule has 0 aliphatic rings. The van der Waals surface area contributed by atoms with Crippen LogP contribution in [0.3, 0.4) is 0 Å². The number of aromatic nitrogens is 2. The minimum atomic E-state index is -0.836. The molecule has 1 aromatic heterocycles. The lowest BCUT2D eigenvalue weighted by Crippen LogP contribution is -2.07. The van der Waals surface area contributed by atoms with Crippen LogP contribution < -0.4 is 4.74 Å². The maximum absolute atomic E-state index is 11.0. The van der Waals surface area contributed by atoms with Crippen LogP contribution in [0, 0.1) is 0 Å². The number of ether oxygens (including phenoxy) is 2. The van der Waals surface area contributed by atoms with Gasteiger partial charge in [-0.25, -0.2) is 4.79 Å². The van der Waals surface area contributed by atoms with Gasteiger partial charge in [0.2, 0.25) is 0 Å². The molecule has 2 aromatic rings. The molecule has 0 saturated heterocycles. The Morgan fingerprint density at radius 2 is 2.33 bits per heavy atom. The van der Waals surface area contributed by atoms with Gasteiger partial charge in [-0.2, -0.15) is 0 Å². The summed E-state index contributed by atoms with van der Waals surface area (Å²) in [5, 5.41) is 4.11. The zero-order valence-corrected chi connectivity index (χ0v) is 9.13. The molecule has 15 heavy (non-hydrogen) atoms. The fraction of sp³-hybridized carbons (Fsp3) is 0.125. The van der Waals surface area contributed by atoms with Crippen molar-refractivity contribution in [1.82, 2.24) is 9.59 Å². The first-order valence-electron chi connectivity index (χ1n) is 3.88. The number of hydrogen-bond donors (Lipinski definition) is 0. The first-order valence-corrected chi connectivity index (χ1v) is 5.04. The number of hydrogen-bond acceptors (Lipinski definition) is 6. The van der Waals surface area contributed by atoms with Crippen molar-refractivity contribution in [2.24, 2.45) is 0 Å². The molecule has 78 valence electrons. The zero-order chi connectivity index (χ0) is 10.8. The van der Waals surface area contributed by atoms with Crippen molar-refractivity contribution < 1.29 is 14.3 Å². The van der Waals surface area contributed by atoms with Gasteiger partial charge in [-0.05, 0) is 23.7 Å². The Hall–Kier alpha value is -1.40. The van der Waals surface area contributed by atoms with Crippen molar-refractivity contribution in [3.8, 4) is 5.75 Å². The summed E-state index contributed by atoms with van der Waals surface area (Å²) < 4.78 is 13.8. The molecule has 0 spiro atoms. The monoisotopic (exact) mass is 244 g/mol. The molecule has 0 aliphatic carbocycles. The van der Waals surface area contributed by atoms with Gasteiger partial charge < -0.3 is 9.47 Å². The van der Waals surface area contributed by atoms with Crippen LogP contribution in [0.4, 0.5) is 4.79 Å². The maximum Gasteiger partial charge on any atom is 0.513 e. The van der Waals surface area contributed by atoms with Crippen molar-refractivity contribution >= 4 is 39.5 Å². The Bertz CT molecular complexity index is 514. The molecule has 0 radical (unpaired) electrons. The van der Waals surface area contributed by atoms with Gasteiger partial charge in [0.15, 0.2) is 5.75 Å². The van der Waals surface area contributed by atoms with Crippen molar-refractivity contribution in [3.05, 3.63) is 17.2 Å². The van der Waals surface area contributed by atoms with E-state index in [9.17, 15) is 4.79 Å². The molecule has 2 rings (SSSR count). The van der Waals surface area contributed by atoms with Crippen LogP contribution in [-0.2, 0) is 4.74 Å². The summed E-state index contributed by atoms with van der Waals surface area (Å²) in [5.74, 6) is 0.176. The Kier molecular flexibility index (Phi) is 2.70. The summed E-state index contributed by atoms with van der Waals surface area (Å²) >= 11 is 7.06. The molecule has 0 bridgehead atoms. The molecule has 0 fully saturated rings. The largest absolute Gasteiger partial charge is 0.513 e. The van der Waals surface area contributed by atoms with Crippen LogP contribution in [-0.4, -0.2) is 22.9 Å². The standard InChI is InChI=1S/C8H5ClN2O3S/c1-13-8(12)14-7-4(9)2-3-5-6(7)10-11-15-5/h2-3H,1H3. The molecule has 5 nitrogen and oxygen atoms in total. The third-order valence-electron chi connectivity index (χ3n) is 1.68. The highest BCUT2D eigenvalue weighted by molar-refractivity contribution is 7.13. The zero-order valence-electron chi connectivity index (χ0n) is 7.56. The van der Waals surface area contributed by atoms with Crippen molar-refractivity contribution in [2.75, 3.05) is 7.11 Å². The van der Waals surface area contributed by atoms with Crippen LogP contribution in [0.2, 0.25) is 5.02 Å². The van der Waals surface area contributed by atoms with E-state index in [2.05, 4.69) is 14.3 Å². The topological polar surface area (TPSA) is 61.3 Å². The number of fused-ring (bicyclic) bond motifs is 1. The highest BCUT2D eigenvalue weighted by atomic mass is 35.5. The fourth-order valence-corrected chi connectivity index (χ4v) is 1.77. The van der Waals surface area contributed by atoms with Crippen LogP contribution in [0.5, 0.6) is 5.75 Å². The minimum Gasteiger partial charge on any atom is -0.437 e. The summed E-state index contributed by atoms with van der Waals surface area (Å²) in [5.41, 5.74) is 0.456. The Morgan fingerprint density at radius 1 is 1.53 bits per heavy atom. The summed E-state index contributed by atoms with van der Waals surface area (Å²) in [6, 6.07) is 3.37. The van der Waals surface area contributed by atoms with E-state index in [0.717, 1.165) is 4.70 Å². The second kappa shape index (κ2) is 4.00. The predicted octanol–water partition coefficient (Wildman–Crippen LogP) is 2.49. The van der Waals surface area contributed by atoms with Crippen molar-refractivity contribution in [3.63, 3.8) is 0 Å². The quantitative estimate of drug-likeness (QED) is 0.570. The smallest absolute Gasteiger partial charge is 0.437 e. The average Bonchev–Trinajstić information content (AvgIpc) is 2.70. The van der Waals surface area contributed by atoms with Gasteiger partial charge in [0.1, 0.15) is 5.52 Å². The van der Waals surface area contributed by atoms with E-state index in [-0.39, 0.29) is 5.75 Å². The lowest BCUT2D eigenvalue weighted by atomic mass is 10.3. The number of carbonyl (C=O) groups excluding carboxylic acids is 1. The lowest BCUT2D eigenvalue weighted by molar-refractivity contribution is 0.122.